The zero-order chi connectivity index (χ0) is 27.4. The van der Waals surface area contributed by atoms with E-state index in [1.807, 2.05) is 0 Å². The van der Waals surface area contributed by atoms with Gasteiger partial charge in [-0.3, -0.25) is 0 Å². The van der Waals surface area contributed by atoms with Gasteiger partial charge in [-0.2, -0.15) is 18.2 Å². The van der Waals surface area contributed by atoms with Crippen LogP contribution in [0.1, 0.15) is 44.7 Å². The molecular formula is C24H30F3N5O5. The molecule has 3 rings (SSSR count). The number of alkyl carbamates (subject to hydrolysis) is 1. The van der Waals surface area contributed by atoms with E-state index in [9.17, 15) is 22.8 Å². The highest BCUT2D eigenvalue weighted by Gasteiger charge is 2.37. The minimum Gasteiger partial charge on any atom is -0.495 e. The molecule has 13 heteroatoms. The van der Waals surface area contributed by atoms with Gasteiger partial charge in [0.1, 0.15) is 28.8 Å². The second kappa shape index (κ2) is 11.1. The molecule has 0 bridgehead atoms. The summed E-state index contributed by atoms with van der Waals surface area (Å²) in [6.07, 6.45) is -3.04. The van der Waals surface area contributed by atoms with Crippen LogP contribution in [0.3, 0.4) is 0 Å². The highest BCUT2D eigenvalue weighted by molar-refractivity contribution is 5.81. The molecule has 1 aromatic heterocycles. The topological polar surface area (TPSA) is 124 Å². The van der Waals surface area contributed by atoms with E-state index >= 15 is 0 Å². The first-order chi connectivity index (χ1) is 17.3. The molecule has 0 spiro atoms. The molecule has 1 saturated carbocycles. The number of hydrogen-bond acceptors (Lipinski definition) is 9. The minimum atomic E-state index is -4.60. The summed E-state index contributed by atoms with van der Waals surface area (Å²) in [5.41, 5.74) is -0.703. The van der Waals surface area contributed by atoms with Gasteiger partial charge in [-0.1, -0.05) is 6.07 Å². The lowest BCUT2D eigenvalue weighted by atomic mass is 10.0. The molecule has 1 atom stereocenters. The van der Waals surface area contributed by atoms with E-state index in [0.717, 1.165) is 19.0 Å². The van der Waals surface area contributed by atoms with Crippen molar-refractivity contribution in [3.8, 4) is 5.75 Å². The highest BCUT2D eigenvalue weighted by atomic mass is 19.4. The van der Waals surface area contributed by atoms with Gasteiger partial charge in [0.2, 0.25) is 5.95 Å². The van der Waals surface area contributed by atoms with Crippen LogP contribution in [0.5, 0.6) is 5.75 Å². The van der Waals surface area contributed by atoms with E-state index in [4.69, 9.17) is 14.2 Å². The number of aromatic nitrogens is 2. The van der Waals surface area contributed by atoms with Crippen LogP contribution in [0.2, 0.25) is 0 Å². The SMILES string of the molecule is COC(=O)C(Cc1ccc(Nc2ncc(C(F)(F)F)c(NC3CC3)n2)c(OC)c1)NC(=O)OC(C)(C)C. The van der Waals surface area contributed by atoms with Crippen LogP contribution in [0.4, 0.5) is 35.4 Å². The zero-order valence-corrected chi connectivity index (χ0v) is 21.2. The molecule has 0 radical (unpaired) electrons. The largest absolute Gasteiger partial charge is 0.495 e. The summed E-state index contributed by atoms with van der Waals surface area (Å²) < 4.78 is 55.5. The summed E-state index contributed by atoms with van der Waals surface area (Å²) in [6.45, 7) is 5.09. The van der Waals surface area contributed by atoms with Gasteiger partial charge in [-0.05, 0) is 51.3 Å². The predicted octanol–water partition coefficient (Wildman–Crippen LogP) is 4.43. The van der Waals surface area contributed by atoms with Crippen LogP contribution in [0, 0.1) is 0 Å². The molecule has 1 fully saturated rings. The number of alkyl halides is 3. The van der Waals surface area contributed by atoms with Gasteiger partial charge >= 0.3 is 18.2 Å². The molecule has 0 saturated heterocycles. The Morgan fingerprint density at radius 1 is 1.16 bits per heavy atom. The lowest BCUT2D eigenvalue weighted by Gasteiger charge is -2.23. The minimum absolute atomic E-state index is 0.0466. The van der Waals surface area contributed by atoms with Gasteiger partial charge in [0.25, 0.3) is 0 Å². The van der Waals surface area contributed by atoms with Gasteiger partial charge in [-0.25, -0.2) is 14.6 Å². The summed E-state index contributed by atoms with van der Waals surface area (Å²) in [6, 6.07) is 3.80. The fraction of sp³-hybridized carbons (Fsp3) is 0.500. The normalized spacial score (nSPS) is 14.4. The zero-order valence-electron chi connectivity index (χ0n) is 21.2. The van der Waals surface area contributed by atoms with E-state index < -0.39 is 35.4 Å². The van der Waals surface area contributed by atoms with Crippen molar-refractivity contribution in [1.82, 2.24) is 15.3 Å². The van der Waals surface area contributed by atoms with Gasteiger partial charge in [0.05, 0.1) is 19.9 Å². The van der Waals surface area contributed by atoms with Crippen LogP contribution in [-0.2, 0) is 26.9 Å². The maximum Gasteiger partial charge on any atom is 0.421 e. The molecular weight excluding hydrogens is 495 g/mol. The standard InChI is InChI=1S/C24H30F3N5O5/c1-23(2,3)37-22(34)31-17(20(33)36-5)10-13-6-9-16(18(11-13)35-4)30-21-28-12-15(24(25,26)27)19(32-21)29-14-7-8-14/h6,9,11-12,14,17H,7-8,10H2,1-5H3,(H,31,34)(H2,28,29,30,32). The summed E-state index contributed by atoms with van der Waals surface area (Å²) in [4.78, 5) is 32.3. The van der Waals surface area contributed by atoms with Crippen molar-refractivity contribution in [2.24, 2.45) is 0 Å². The van der Waals surface area contributed by atoms with Crippen molar-refractivity contribution >= 4 is 29.5 Å². The number of methoxy groups -OCH3 is 2. The second-order valence-corrected chi connectivity index (χ2v) is 9.46. The Balaban J connectivity index is 1.79. The smallest absolute Gasteiger partial charge is 0.421 e. The summed E-state index contributed by atoms with van der Waals surface area (Å²) in [5, 5.41) is 8.16. The Kier molecular flexibility index (Phi) is 8.34. The van der Waals surface area contributed by atoms with Crippen LogP contribution >= 0.6 is 0 Å². The average molecular weight is 526 g/mol. The molecule has 3 N–H and O–H groups in total. The summed E-state index contributed by atoms with van der Waals surface area (Å²) in [5.74, 6) is -0.696. The first-order valence-electron chi connectivity index (χ1n) is 11.5. The fourth-order valence-corrected chi connectivity index (χ4v) is 3.29. The quantitative estimate of drug-likeness (QED) is 0.408. The molecule has 2 aromatic rings. The molecule has 1 unspecified atom stereocenters. The number of rotatable bonds is 9. The Labute approximate surface area is 212 Å². The second-order valence-electron chi connectivity index (χ2n) is 9.46. The first kappa shape index (κ1) is 27.8. The number of hydrogen-bond donors (Lipinski definition) is 3. The number of amides is 1. The third-order valence-electron chi connectivity index (χ3n) is 5.14. The molecule has 1 amide bonds. The Morgan fingerprint density at radius 3 is 2.43 bits per heavy atom. The Bertz CT molecular complexity index is 1130. The van der Waals surface area contributed by atoms with Crippen molar-refractivity contribution in [2.45, 2.75) is 63.9 Å². The molecule has 1 aromatic carbocycles. The molecule has 1 aliphatic carbocycles. The number of anilines is 3. The fourth-order valence-electron chi connectivity index (χ4n) is 3.29. The lowest BCUT2D eigenvalue weighted by Crippen LogP contribution is -2.45. The lowest BCUT2D eigenvalue weighted by molar-refractivity contribution is -0.143. The molecule has 202 valence electrons. The number of esters is 1. The average Bonchev–Trinajstić information content (AvgIpc) is 3.61. The van der Waals surface area contributed by atoms with Gasteiger partial charge < -0.3 is 30.2 Å². The maximum atomic E-state index is 13.4. The Hall–Kier alpha value is -3.77. The van der Waals surface area contributed by atoms with Gasteiger partial charge in [-0.15, -0.1) is 0 Å². The number of nitrogens with zero attached hydrogens (tertiary/aromatic N) is 2. The van der Waals surface area contributed by atoms with Crippen molar-refractivity contribution in [1.29, 1.82) is 0 Å². The van der Waals surface area contributed by atoms with E-state index in [1.54, 1.807) is 39.0 Å². The number of ether oxygens (including phenoxy) is 3. The first-order valence-corrected chi connectivity index (χ1v) is 11.5. The molecule has 1 heterocycles. The van der Waals surface area contributed by atoms with Crippen LogP contribution in [0.25, 0.3) is 0 Å². The van der Waals surface area contributed by atoms with E-state index in [-0.39, 0.29) is 24.2 Å². The number of halogens is 3. The van der Waals surface area contributed by atoms with E-state index in [2.05, 4.69) is 25.9 Å². The highest BCUT2D eigenvalue weighted by Crippen LogP contribution is 2.37. The van der Waals surface area contributed by atoms with Crippen molar-refractivity contribution in [3.05, 3.63) is 35.5 Å². The van der Waals surface area contributed by atoms with E-state index in [1.165, 1.54) is 14.2 Å². The molecule has 37 heavy (non-hydrogen) atoms. The number of carbonyl (C=O) groups is 2. The third kappa shape index (κ3) is 8.12. The molecule has 1 aliphatic rings. The van der Waals surface area contributed by atoms with Gasteiger partial charge in [0, 0.05) is 18.7 Å². The summed E-state index contributed by atoms with van der Waals surface area (Å²) in [7, 11) is 2.62. The molecule has 0 aliphatic heterocycles. The van der Waals surface area contributed by atoms with Crippen LogP contribution in [0.15, 0.2) is 24.4 Å². The number of carbonyl (C=O) groups excluding carboxylic acids is 2. The van der Waals surface area contributed by atoms with Crippen molar-refractivity contribution < 1.29 is 37.0 Å². The predicted molar refractivity (Wildman–Crippen MR) is 129 cm³/mol. The monoisotopic (exact) mass is 525 g/mol. The van der Waals surface area contributed by atoms with Crippen LogP contribution in [-0.4, -0.2) is 53.9 Å². The molecule has 10 nitrogen and oxygen atoms in total. The Morgan fingerprint density at radius 2 is 1.86 bits per heavy atom. The summed E-state index contributed by atoms with van der Waals surface area (Å²) >= 11 is 0. The van der Waals surface area contributed by atoms with E-state index in [0.29, 0.717) is 17.0 Å². The maximum absolute atomic E-state index is 13.4. The van der Waals surface area contributed by atoms with Gasteiger partial charge in [0.15, 0.2) is 0 Å². The van der Waals surface area contributed by atoms with Crippen molar-refractivity contribution in [3.63, 3.8) is 0 Å². The number of benzene rings is 1. The van der Waals surface area contributed by atoms with Crippen LogP contribution < -0.4 is 20.7 Å². The third-order valence-corrected chi connectivity index (χ3v) is 5.14. The van der Waals surface area contributed by atoms with Crippen molar-refractivity contribution in [2.75, 3.05) is 24.9 Å². The number of nitrogens with one attached hydrogen (secondary N) is 3.